The zero-order valence-corrected chi connectivity index (χ0v) is 13.9. The molecule has 2 rings (SSSR count). The lowest BCUT2D eigenvalue weighted by Crippen LogP contribution is -2.44. The van der Waals surface area contributed by atoms with Gasteiger partial charge in [-0.1, -0.05) is 25.9 Å². The van der Waals surface area contributed by atoms with E-state index in [2.05, 4.69) is 15.0 Å². The number of ether oxygens (including phenoxy) is 2. The Balaban J connectivity index is 2.42. The van der Waals surface area contributed by atoms with Crippen LogP contribution in [0.15, 0.2) is 22.2 Å². The van der Waals surface area contributed by atoms with Crippen LogP contribution in [0.25, 0.3) is 10.4 Å². The fourth-order valence-corrected chi connectivity index (χ4v) is 2.77. The van der Waals surface area contributed by atoms with Crippen molar-refractivity contribution in [1.29, 1.82) is 0 Å². The van der Waals surface area contributed by atoms with Crippen molar-refractivity contribution in [1.82, 2.24) is 9.55 Å². The highest BCUT2D eigenvalue weighted by Gasteiger charge is 2.54. The lowest BCUT2D eigenvalue weighted by molar-refractivity contribution is -0.139. The molecule has 1 fully saturated rings. The van der Waals surface area contributed by atoms with E-state index in [9.17, 15) is 9.90 Å². The molecule has 1 aliphatic rings. The normalized spacial score (nSPS) is 29.6. The summed E-state index contributed by atoms with van der Waals surface area (Å²) in [6.45, 7) is 5.56. The maximum Gasteiger partial charge on any atom is 0.351 e. The maximum absolute atomic E-state index is 12.1. The van der Waals surface area contributed by atoms with Crippen molar-refractivity contribution in [2.75, 3.05) is 18.9 Å². The van der Waals surface area contributed by atoms with E-state index >= 15 is 0 Å². The quantitative estimate of drug-likeness (QED) is 0.449. The summed E-state index contributed by atoms with van der Waals surface area (Å²) in [5.41, 5.74) is 12.2. The van der Waals surface area contributed by atoms with E-state index in [1.807, 2.05) is 13.8 Å². The number of hydrogen-bond donors (Lipinski definition) is 2. The Morgan fingerprint density at radius 1 is 1.67 bits per heavy atom. The van der Waals surface area contributed by atoms with Crippen LogP contribution >= 0.6 is 0 Å². The van der Waals surface area contributed by atoms with Gasteiger partial charge in [-0.05, 0) is 17.5 Å². The summed E-state index contributed by atoms with van der Waals surface area (Å²) in [5, 5.41) is 13.4. The smallest absolute Gasteiger partial charge is 0.351 e. The fraction of sp³-hybridized carbons (Fsp3) is 0.714. The van der Waals surface area contributed by atoms with E-state index in [1.165, 1.54) is 16.8 Å². The molecule has 0 radical (unpaired) electrons. The molecule has 4 atom stereocenters. The third-order valence-electron chi connectivity index (χ3n) is 3.87. The van der Waals surface area contributed by atoms with Crippen LogP contribution in [0, 0.1) is 11.8 Å². The molecule has 0 saturated carbocycles. The largest absolute Gasteiger partial charge is 0.393 e. The van der Waals surface area contributed by atoms with Crippen molar-refractivity contribution in [2.24, 2.45) is 17.0 Å². The van der Waals surface area contributed by atoms with Gasteiger partial charge in [0, 0.05) is 23.6 Å². The van der Waals surface area contributed by atoms with Gasteiger partial charge >= 0.3 is 5.69 Å². The molecule has 10 heteroatoms. The number of nitrogens with zero attached hydrogens (tertiary/aromatic N) is 5. The van der Waals surface area contributed by atoms with Gasteiger partial charge < -0.3 is 20.3 Å². The second-order valence-electron chi connectivity index (χ2n) is 6.25. The van der Waals surface area contributed by atoms with Crippen LogP contribution in [-0.2, 0) is 9.47 Å². The minimum atomic E-state index is -1.60. The van der Waals surface area contributed by atoms with Crippen LogP contribution in [0.5, 0.6) is 0 Å². The van der Waals surface area contributed by atoms with Crippen LogP contribution in [-0.4, -0.2) is 39.7 Å². The average Bonchev–Trinajstić information content (AvgIpc) is 2.78. The van der Waals surface area contributed by atoms with Gasteiger partial charge in [-0.25, -0.2) is 4.79 Å². The van der Waals surface area contributed by atoms with E-state index in [0.717, 1.165) is 0 Å². The predicted molar refractivity (Wildman–Crippen MR) is 85.7 cm³/mol. The molecule has 0 amide bonds. The van der Waals surface area contributed by atoms with Crippen LogP contribution in [0.2, 0.25) is 0 Å². The topological polar surface area (TPSA) is 148 Å². The molecule has 132 valence electrons. The van der Waals surface area contributed by atoms with E-state index < -0.39 is 30.4 Å². The first-order valence-corrected chi connectivity index (χ1v) is 7.66. The minimum Gasteiger partial charge on any atom is -0.393 e. The molecular formula is C14H22N6O4. The lowest BCUT2D eigenvalue weighted by Gasteiger charge is -2.29. The number of aliphatic hydroxyl groups excluding tert-OH is 1. The molecule has 24 heavy (non-hydrogen) atoms. The van der Waals surface area contributed by atoms with Gasteiger partial charge in [-0.2, -0.15) is 4.98 Å². The molecule has 0 aliphatic carbocycles. The Labute approximate surface area is 138 Å². The molecule has 1 aliphatic heterocycles. The van der Waals surface area contributed by atoms with Gasteiger partial charge in [0.15, 0.2) is 5.72 Å². The van der Waals surface area contributed by atoms with Crippen molar-refractivity contribution >= 4 is 5.82 Å². The first-order valence-electron chi connectivity index (χ1n) is 7.66. The van der Waals surface area contributed by atoms with Crippen LogP contribution in [0.1, 0.15) is 27.0 Å². The molecule has 1 aromatic rings. The van der Waals surface area contributed by atoms with Crippen LogP contribution in [0.4, 0.5) is 5.82 Å². The third-order valence-corrected chi connectivity index (χ3v) is 3.87. The van der Waals surface area contributed by atoms with E-state index in [-0.39, 0.29) is 17.7 Å². The number of hydrogen-bond acceptors (Lipinski definition) is 7. The number of aromatic nitrogens is 2. The molecular weight excluding hydrogens is 316 g/mol. The van der Waals surface area contributed by atoms with Crippen LogP contribution in [0.3, 0.4) is 0 Å². The van der Waals surface area contributed by atoms with Gasteiger partial charge in [-0.15, -0.1) is 0 Å². The zero-order valence-electron chi connectivity index (χ0n) is 13.9. The monoisotopic (exact) mass is 338 g/mol. The highest BCUT2D eigenvalue weighted by molar-refractivity contribution is 5.23. The summed E-state index contributed by atoms with van der Waals surface area (Å²) >= 11 is 0. The molecule has 0 spiro atoms. The van der Waals surface area contributed by atoms with E-state index in [1.54, 1.807) is 6.92 Å². The summed E-state index contributed by atoms with van der Waals surface area (Å²) in [6, 6.07) is 1.47. The molecule has 2 heterocycles. The number of nitrogens with two attached hydrogens (primary N) is 1. The van der Waals surface area contributed by atoms with Crippen molar-refractivity contribution in [3.63, 3.8) is 0 Å². The Bertz CT molecular complexity index is 686. The number of rotatable bonds is 6. The SMILES string of the molecule is CC(C)CO[C@H]1[C@@H](C)[C@H](n2ccc(N)nc2=O)OC1(CO)N=[N+]=[N-]. The number of aliphatic hydroxyl groups is 1. The Kier molecular flexibility index (Phi) is 5.45. The third kappa shape index (κ3) is 3.36. The first kappa shape index (κ1) is 18.2. The fourth-order valence-electron chi connectivity index (χ4n) is 2.77. The lowest BCUT2D eigenvalue weighted by atomic mass is 9.97. The Hall–Kier alpha value is -2.13. The van der Waals surface area contributed by atoms with Gasteiger partial charge in [0.05, 0.1) is 6.61 Å². The predicted octanol–water partition coefficient (Wildman–Crippen LogP) is 1.03. The van der Waals surface area contributed by atoms with Gasteiger partial charge in [0.25, 0.3) is 0 Å². The summed E-state index contributed by atoms with van der Waals surface area (Å²) < 4.78 is 12.9. The van der Waals surface area contributed by atoms with Gasteiger partial charge in [-0.3, -0.25) is 4.57 Å². The van der Waals surface area contributed by atoms with Crippen molar-refractivity contribution in [2.45, 2.75) is 38.8 Å². The van der Waals surface area contributed by atoms with Crippen molar-refractivity contribution in [3.05, 3.63) is 33.2 Å². The average molecular weight is 338 g/mol. The summed E-state index contributed by atoms with van der Waals surface area (Å²) in [6.07, 6.45) is -0.0646. The zero-order chi connectivity index (χ0) is 17.9. The number of azide groups is 1. The standard InChI is InChI=1S/C14H22N6O4/c1-8(2)6-23-11-9(3)12(24-14(11,7-21)18-19-16)20-5-4-10(15)17-13(20)22/h4-5,8-9,11-12,21H,6-7H2,1-3H3,(H2,15,17,22)/t9-,11+,12-,14?/m1/s1. The van der Waals surface area contributed by atoms with Crippen LogP contribution < -0.4 is 11.4 Å². The summed E-state index contributed by atoms with van der Waals surface area (Å²) in [5.74, 6) is -0.0397. The second-order valence-corrected chi connectivity index (χ2v) is 6.25. The van der Waals surface area contributed by atoms with Crippen molar-refractivity contribution < 1.29 is 14.6 Å². The second kappa shape index (κ2) is 7.18. The highest BCUT2D eigenvalue weighted by atomic mass is 16.6. The highest BCUT2D eigenvalue weighted by Crippen LogP contribution is 2.43. The Morgan fingerprint density at radius 2 is 2.38 bits per heavy atom. The molecule has 1 saturated heterocycles. The molecule has 0 bridgehead atoms. The molecule has 1 aromatic heterocycles. The molecule has 3 N–H and O–H groups in total. The van der Waals surface area contributed by atoms with E-state index in [0.29, 0.717) is 6.61 Å². The molecule has 0 aromatic carbocycles. The first-order chi connectivity index (χ1) is 11.3. The van der Waals surface area contributed by atoms with E-state index in [4.69, 9.17) is 20.7 Å². The van der Waals surface area contributed by atoms with Crippen molar-refractivity contribution in [3.8, 4) is 0 Å². The Morgan fingerprint density at radius 3 is 2.92 bits per heavy atom. The number of anilines is 1. The summed E-state index contributed by atoms with van der Waals surface area (Å²) in [4.78, 5) is 18.5. The molecule has 1 unspecified atom stereocenters. The summed E-state index contributed by atoms with van der Waals surface area (Å²) in [7, 11) is 0. The maximum atomic E-state index is 12.1. The van der Waals surface area contributed by atoms with Gasteiger partial charge in [0.2, 0.25) is 0 Å². The minimum absolute atomic E-state index is 0.0953. The molecule has 10 nitrogen and oxygen atoms in total. The van der Waals surface area contributed by atoms with Gasteiger partial charge in [0.1, 0.15) is 18.1 Å². The number of nitrogen functional groups attached to an aromatic ring is 1.